The number of pyridine rings is 1. The van der Waals surface area contributed by atoms with Crippen LogP contribution in [0.25, 0.3) is 0 Å². The summed E-state index contributed by atoms with van der Waals surface area (Å²) in [4.78, 5) is 16.0. The molecule has 0 radical (unpaired) electrons. The van der Waals surface area contributed by atoms with Gasteiger partial charge in [-0.05, 0) is 30.3 Å². The second-order valence-corrected chi connectivity index (χ2v) is 7.80. The first-order valence-electron chi connectivity index (χ1n) is 6.84. The minimum absolute atomic E-state index is 0.0281. The number of hydrogen-bond acceptors (Lipinski definition) is 5. The van der Waals surface area contributed by atoms with Crippen molar-refractivity contribution in [2.24, 2.45) is 0 Å². The minimum atomic E-state index is -3.78. The average Bonchev–Trinajstić information content (AvgIpc) is 2.55. The van der Waals surface area contributed by atoms with E-state index in [1.807, 2.05) is 0 Å². The van der Waals surface area contributed by atoms with Crippen molar-refractivity contribution >= 4 is 37.5 Å². The number of rotatable bonds is 6. The van der Waals surface area contributed by atoms with E-state index in [1.165, 1.54) is 38.7 Å². The summed E-state index contributed by atoms with van der Waals surface area (Å²) in [7, 11) is -0.963. The number of halogens is 1. The van der Waals surface area contributed by atoms with Crippen LogP contribution in [0.3, 0.4) is 0 Å². The summed E-state index contributed by atoms with van der Waals surface area (Å²) in [5.74, 6) is -0.00863. The van der Waals surface area contributed by atoms with Crippen LogP contribution in [0.2, 0.25) is 0 Å². The first-order chi connectivity index (χ1) is 11.3. The molecular formula is C15H16BrN3O4S. The number of likely N-dealkylation sites (N-methyl/N-ethyl adjacent to an activating group) is 1. The highest BCUT2D eigenvalue weighted by atomic mass is 79.9. The van der Waals surface area contributed by atoms with Crippen LogP contribution in [-0.4, -0.2) is 44.3 Å². The van der Waals surface area contributed by atoms with E-state index in [2.05, 4.69) is 26.2 Å². The van der Waals surface area contributed by atoms with Crippen molar-refractivity contribution in [2.45, 2.75) is 4.90 Å². The molecule has 0 aliphatic carbocycles. The van der Waals surface area contributed by atoms with Gasteiger partial charge in [-0.1, -0.05) is 15.9 Å². The molecule has 0 spiro atoms. The quantitative estimate of drug-likeness (QED) is 0.782. The summed E-state index contributed by atoms with van der Waals surface area (Å²) in [6.45, 7) is -0.340. The number of carbonyl (C=O) groups is 1. The lowest BCUT2D eigenvalue weighted by Gasteiger charge is -2.17. The Morgan fingerprint density at radius 1 is 1.38 bits per heavy atom. The predicted molar refractivity (Wildman–Crippen MR) is 93.4 cm³/mol. The summed E-state index contributed by atoms with van der Waals surface area (Å²) in [5, 5.41) is 2.64. The molecular weight excluding hydrogens is 398 g/mol. The number of sulfonamides is 1. The van der Waals surface area contributed by atoms with Gasteiger partial charge in [-0.2, -0.15) is 4.31 Å². The largest absolute Gasteiger partial charge is 0.495 e. The van der Waals surface area contributed by atoms with E-state index in [0.29, 0.717) is 11.4 Å². The van der Waals surface area contributed by atoms with Crippen molar-refractivity contribution < 1.29 is 17.9 Å². The highest BCUT2D eigenvalue weighted by Crippen LogP contribution is 2.27. The number of nitrogens with one attached hydrogen (secondary N) is 1. The molecule has 0 fully saturated rings. The van der Waals surface area contributed by atoms with E-state index in [4.69, 9.17) is 4.74 Å². The van der Waals surface area contributed by atoms with Gasteiger partial charge in [0.1, 0.15) is 10.6 Å². The number of ether oxygens (including phenoxy) is 1. The molecule has 0 aliphatic heterocycles. The maximum atomic E-state index is 12.4. The lowest BCUT2D eigenvalue weighted by Crippen LogP contribution is -2.35. The molecule has 0 saturated carbocycles. The number of amides is 1. The van der Waals surface area contributed by atoms with Gasteiger partial charge in [-0.15, -0.1) is 0 Å². The van der Waals surface area contributed by atoms with Crippen molar-refractivity contribution in [3.05, 3.63) is 47.2 Å². The van der Waals surface area contributed by atoms with Gasteiger partial charge in [0.15, 0.2) is 0 Å². The first-order valence-corrected chi connectivity index (χ1v) is 9.07. The zero-order valence-electron chi connectivity index (χ0n) is 13.1. The van der Waals surface area contributed by atoms with Crippen LogP contribution in [0.1, 0.15) is 0 Å². The third-order valence-electron chi connectivity index (χ3n) is 3.14. The van der Waals surface area contributed by atoms with Gasteiger partial charge in [0.2, 0.25) is 15.9 Å². The maximum absolute atomic E-state index is 12.4. The Balaban J connectivity index is 2.11. The number of anilines is 1. The highest BCUT2D eigenvalue weighted by Gasteiger charge is 2.23. The zero-order chi connectivity index (χ0) is 17.7. The minimum Gasteiger partial charge on any atom is -0.495 e. The maximum Gasteiger partial charge on any atom is 0.244 e. The zero-order valence-corrected chi connectivity index (χ0v) is 15.5. The van der Waals surface area contributed by atoms with Crippen LogP contribution in [-0.2, 0) is 14.8 Å². The SMILES string of the molecule is COc1ccc(Br)cc1NC(=O)CN(C)S(=O)(=O)c1cccnc1. The van der Waals surface area contributed by atoms with Crippen molar-refractivity contribution in [1.29, 1.82) is 0 Å². The summed E-state index contributed by atoms with van der Waals surface area (Å²) < 4.78 is 31.6. The lowest BCUT2D eigenvalue weighted by atomic mass is 10.3. The van der Waals surface area contributed by atoms with Crippen molar-refractivity contribution in [1.82, 2.24) is 9.29 Å². The molecule has 2 aromatic rings. The van der Waals surface area contributed by atoms with Crippen LogP contribution in [0, 0.1) is 0 Å². The summed E-state index contributed by atoms with van der Waals surface area (Å²) >= 11 is 3.31. The van der Waals surface area contributed by atoms with E-state index in [9.17, 15) is 13.2 Å². The Morgan fingerprint density at radius 3 is 2.75 bits per heavy atom. The average molecular weight is 414 g/mol. The molecule has 0 saturated heterocycles. The smallest absolute Gasteiger partial charge is 0.244 e. The Labute approximate surface area is 148 Å². The molecule has 0 atom stereocenters. The fourth-order valence-corrected chi connectivity index (χ4v) is 3.39. The van der Waals surface area contributed by atoms with Crippen LogP contribution in [0.5, 0.6) is 5.75 Å². The Bertz CT molecular complexity index is 828. The third kappa shape index (κ3) is 4.31. The molecule has 2 rings (SSSR count). The normalized spacial score (nSPS) is 11.3. The Morgan fingerprint density at radius 2 is 2.12 bits per heavy atom. The number of nitrogens with zero attached hydrogens (tertiary/aromatic N) is 2. The fourth-order valence-electron chi connectivity index (χ4n) is 1.93. The van der Waals surface area contributed by atoms with E-state index < -0.39 is 15.9 Å². The molecule has 1 N–H and O–H groups in total. The van der Waals surface area contributed by atoms with Crippen LogP contribution >= 0.6 is 15.9 Å². The van der Waals surface area contributed by atoms with E-state index >= 15 is 0 Å². The summed E-state index contributed by atoms with van der Waals surface area (Å²) in [5.41, 5.74) is 0.448. The summed E-state index contributed by atoms with van der Waals surface area (Å²) in [6, 6.07) is 8.08. The van der Waals surface area contributed by atoms with Crippen LogP contribution < -0.4 is 10.1 Å². The lowest BCUT2D eigenvalue weighted by molar-refractivity contribution is -0.116. The van der Waals surface area contributed by atoms with Crippen LogP contribution in [0.4, 0.5) is 5.69 Å². The molecule has 1 heterocycles. The summed E-state index contributed by atoms with van der Waals surface area (Å²) in [6.07, 6.45) is 2.71. The molecule has 9 heteroatoms. The number of aromatic nitrogens is 1. The second-order valence-electron chi connectivity index (χ2n) is 4.84. The number of methoxy groups -OCH3 is 1. The van der Waals surface area contributed by atoms with Gasteiger partial charge in [0.25, 0.3) is 0 Å². The Kier molecular flexibility index (Phi) is 5.92. The molecule has 1 aromatic heterocycles. The molecule has 1 amide bonds. The predicted octanol–water partition coefficient (Wildman–Crippen LogP) is 2.11. The van der Waals surface area contributed by atoms with Gasteiger partial charge in [0.05, 0.1) is 19.3 Å². The van der Waals surface area contributed by atoms with Gasteiger partial charge in [-0.3, -0.25) is 9.78 Å². The highest BCUT2D eigenvalue weighted by molar-refractivity contribution is 9.10. The van der Waals surface area contributed by atoms with Crippen molar-refractivity contribution in [3.8, 4) is 5.75 Å². The molecule has 1 aromatic carbocycles. The van der Waals surface area contributed by atoms with E-state index in [0.717, 1.165) is 8.78 Å². The first kappa shape index (κ1) is 18.4. The third-order valence-corrected chi connectivity index (χ3v) is 5.42. The number of hydrogen-bond donors (Lipinski definition) is 1. The van der Waals surface area contributed by atoms with Gasteiger partial charge >= 0.3 is 0 Å². The fraction of sp³-hybridized carbons (Fsp3) is 0.200. The molecule has 24 heavy (non-hydrogen) atoms. The number of carbonyl (C=O) groups excluding carboxylic acids is 1. The molecule has 7 nitrogen and oxygen atoms in total. The molecule has 0 unspecified atom stereocenters. The standard InChI is InChI=1S/C15H16BrN3O4S/c1-19(24(21,22)12-4-3-7-17-9-12)10-15(20)18-13-8-11(16)5-6-14(13)23-2/h3-9H,10H2,1-2H3,(H,18,20). The van der Waals surface area contributed by atoms with E-state index in [-0.39, 0.29) is 11.4 Å². The van der Waals surface area contributed by atoms with Crippen molar-refractivity contribution in [3.63, 3.8) is 0 Å². The van der Waals surface area contributed by atoms with Gasteiger partial charge < -0.3 is 10.1 Å². The van der Waals surface area contributed by atoms with Crippen molar-refractivity contribution in [2.75, 3.05) is 26.0 Å². The molecule has 0 bridgehead atoms. The topological polar surface area (TPSA) is 88.6 Å². The monoisotopic (exact) mass is 413 g/mol. The number of benzene rings is 1. The molecule has 128 valence electrons. The van der Waals surface area contributed by atoms with E-state index in [1.54, 1.807) is 18.2 Å². The van der Waals surface area contributed by atoms with Gasteiger partial charge in [0, 0.05) is 23.9 Å². The van der Waals surface area contributed by atoms with Gasteiger partial charge in [-0.25, -0.2) is 8.42 Å². The Hall–Kier alpha value is -1.97. The second kappa shape index (κ2) is 7.73. The van der Waals surface area contributed by atoms with Crippen LogP contribution in [0.15, 0.2) is 52.1 Å². The molecule has 0 aliphatic rings.